The number of pyridine rings is 1. The zero-order valence-electron chi connectivity index (χ0n) is 44.0. The summed E-state index contributed by atoms with van der Waals surface area (Å²) in [4.78, 5) is 62.5. The quantitative estimate of drug-likeness (QED) is 0.0396. The van der Waals surface area contributed by atoms with Crippen molar-refractivity contribution in [1.29, 1.82) is 0 Å². The number of amides is 4. The van der Waals surface area contributed by atoms with Gasteiger partial charge in [-0.3, -0.25) is 19.9 Å². The number of methoxy groups -OCH3 is 2. The van der Waals surface area contributed by atoms with Gasteiger partial charge >= 0.3 is 31.1 Å². The van der Waals surface area contributed by atoms with Gasteiger partial charge in [-0.2, -0.15) is 40.2 Å². The van der Waals surface area contributed by atoms with Crippen molar-refractivity contribution in [3.8, 4) is 23.1 Å². The van der Waals surface area contributed by atoms with Crippen molar-refractivity contribution in [2.75, 3.05) is 52.0 Å². The number of benzene rings is 2. The number of hydrogen-bond acceptors (Lipinski definition) is 13. The minimum Gasteiger partial charge on any atom is -0.453 e. The van der Waals surface area contributed by atoms with Gasteiger partial charge in [0, 0.05) is 67.3 Å². The summed E-state index contributed by atoms with van der Waals surface area (Å²) in [5, 5.41) is 23.1. The first-order chi connectivity index (χ1) is 37.2. The Morgan fingerprint density at radius 1 is 0.747 bits per heavy atom. The number of halogens is 8. The maximum absolute atomic E-state index is 14.6. The molecule has 2 aromatic carbocycles. The first-order valence-corrected chi connectivity index (χ1v) is 25.1. The molecule has 4 amide bonds. The fourth-order valence-electron chi connectivity index (χ4n) is 9.59. The van der Waals surface area contributed by atoms with Gasteiger partial charge in [0.05, 0.1) is 62.1 Å². The molecule has 2 aromatic heterocycles. The van der Waals surface area contributed by atoms with E-state index < -0.39 is 91.1 Å². The van der Waals surface area contributed by atoms with Crippen molar-refractivity contribution in [2.24, 2.45) is 10.8 Å². The van der Waals surface area contributed by atoms with E-state index >= 15 is 0 Å². The monoisotopic (exact) mass is 1120 g/mol. The number of alkyl halides is 8. The first-order valence-electron chi connectivity index (χ1n) is 25.1. The second kappa shape index (κ2) is 24.5. The maximum Gasteiger partial charge on any atom is 0.407 e. The second-order valence-electron chi connectivity index (χ2n) is 20.8. The van der Waals surface area contributed by atoms with Crippen molar-refractivity contribution in [1.82, 2.24) is 46.0 Å². The number of piperazine rings is 1. The van der Waals surface area contributed by atoms with E-state index in [0.717, 1.165) is 70.4 Å². The van der Waals surface area contributed by atoms with Gasteiger partial charge in [-0.1, -0.05) is 48.2 Å². The highest BCUT2D eigenvalue weighted by molar-refractivity contribution is 5.87. The van der Waals surface area contributed by atoms with Gasteiger partial charge < -0.3 is 40.2 Å². The summed E-state index contributed by atoms with van der Waals surface area (Å²) in [7, 11) is 1.73. The fraction of sp³-hybridized carbons (Fsp3) is 0.509. The lowest BCUT2D eigenvalue weighted by molar-refractivity contribution is -0.221. The highest BCUT2D eigenvalue weighted by Gasteiger charge is 2.57. The number of aliphatic hydroxyl groups excluding tert-OH is 1. The molecule has 428 valence electrons. The number of hydrazine groups is 1. The summed E-state index contributed by atoms with van der Waals surface area (Å²) < 4.78 is 129. The highest BCUT2D eigenvalue weighted by Crippen LogP contribution is 2.42. The van der Waals surface area contributed by atoms with Gasteiger partial charge in [0.15, 0.2) is 0 Å². The van der Waals surface area contributed by atoms with Crippen LogP contribution in [0.2, 0.25) is 0 Å². The molecule has 5 heterocycles. The average Bonchev–Trinajstić information content (AvgIpc) is 4.16. The molecule has 3 fully saturated rings. The minimum absolute atomic E-state index is 0.153. The Kier molecular flexibility index (Phi) is 18.5. The van der Waals surface area contributed by atoms with Gasteiger partial charge in [0.25, 0.3) is 5.91 Å². The number of nitrogens with one attached hydrogen (secondary N) is 4. The smallest absolute Gasteiger partial charge is 0.407 e. The van der Waals surface area contributed by atoms with Crippen LogP contribution in [0.3, 0.4) is 0 Å². The molecule has 79 heavy (non-hydrogen) atoms. The molecule has 0 spiro atoms. The van der Waals surface area contributed by atoms with Crippen LogP contribution in [-0.2, 0) is 36.8 Å². The van der Waals surface area contributed by atoms with Crippen LogP contribution in [0.1, 0.15) is 69.3 Å². The number of fused-ring (bicyclic) bond motifs is 2. The number of rotatable bonds is 19. The van der Waals surface area contributed by atoms with E-state index in [9.17, 15) is 59.4 Å². The number of nitrogens with zero attached hydrogens (tertiary/aromatic N) is 6. The largest absolute Gasteiger partial charge is 0.453 e. The Labute approximate surface area is 450 Å². The first kappa shape index (κ1) is 59.6. The number of aliphatic hydroxyl groups is 1. The molecule has 3 saturated heterocycles. The lowest BCUT2D eigenvalue weighted by Gasteiger charge is -2.47. The summed E-state index contributed by atoms with van der Waals surface area (Å²) in [5.74, 6) is 4.12. The third-order valence-electron chi connectivity index (χ3n) is 14.6. The molecule has 26 heteroatoms. The maximum atomic E-state index is 14.6. The lowest BCUT2D eigenvalue weighted by Crippen LogP contribution is -2.63. The molecule has 5 N–H and O–H groups in total. The lowest BCUT2D eigenvalue weighted by atomic mass is 9.82. The molecule has 6 atom stereocenters. The predicted molar refractivity (Wildman–Crippen MR) is 270 cm³/mol. The van der Waals surface area contributed by atoms with E-state index in [1.165, 1.54) is 30.3 Å². The van der Waals surface area contributed by atoms with Crippen molar-refractivity contribution >= 4 is 29.8 Å². The molecule has 4 aromatic rings. The summed E-state index contributed by atoms with van der Waals surface area (Å²) in [6.45, 7) is 1.76. The third-order valence-corrected chi connectivity index (χ3v) is 14.6. The van der Waals surface area contributed by atoms with Crippen molar-refractivity contribution in [2.45, 2.75) is 115 Å². The molecular formula is C53H62F8N10O8. The van der Waals surface area contributed by atoms with Gasteiger partial charge in [0.1, 0.15) is 17.9 Å². The molecule has 3 aliphatic rings. The highest BCUT2D eigenvalue weighted by atomic mass is 19.4. The zero-order valence-corrected chi connectivity index (χ0v) is 44.0. The van der Waals surface area contributed by atoms with Crippen LogP contribution in [0.4, 0.5) is 50.5 Å². The predicted octanol–water partition coefficient (Wildman–Crippen LogP) is 6.34. The topological polar surface area (TPSA) is 205 Å². The second-order valence-corrected chi connectivity index (χ2v) is 20.8. The van der Waals surface area contributed by atoms with Crippen molar-refractivity contribution < 1.29 is 73.6 Å². The molecule has 7 rings (SSSR count). The van der Waals surface area contributed by atoms with Crippen LogP contribution in [-0.4, -0.2) is 156 Å². The van der Waals surface area contributed by atoms with E-state index in [1.807, 2.05) is 22.8 Å². The van der Waals surface area contributed by atoms with Crippen LogP contribution in [0.25, 0.3) is 11.3 Å². The molecule has 0 radical (unpaired) electrons. The van der Waals surface area contributed by atoms with Gasteiger partial charge in [-0.15, -0.1) is 0 Å². The van der Waals surface area contributed by atoms with Gasteiger partial charge in [-0.05, 0) is 88.4 Å². The average molecular weight is 1120 g/mol. The number of hydrogen-bond donors (Lipinski definition) is 5. The van der Waals surface area contributed by atoms with E-state index in [2.05, 4.69) is 47.0 Å². The summed E-state index contributed by atoms with van der Waals surface area (Å²) >= 11 is 0. The van der Waals surface area contributed by atoms with Crippen molar-refractivity contribution in [3.05, 3.63) is 101 Å². The minimum atomic E-state index is -5.10. The SMILES string of the molecule is COC(=O)N[C@H](C(=O)N[C@@H](Cc1ccc(C#Cc2ccc(N3CC4CCC(C3)N4C3COC3)nc2)cc1)[C@@H](O)CN(Cc1ccc(-c2ccn(C(F)F)n2)cc1)NC(=O)[C@@H](NC(=O)OC)C(C)(C)C(F)(F)F)C(C)(C)C(F)(F)F. The molecule has 2 unspecified atom stereocenters. The number of ether oxygens (including phenoxy) is 3. The summed E-state index contributed by atoms with van der Waals surface area (Å²) in [5.41, 5.74) is -1.23. The molecule has 3 aliphatic heterocycles. The number of aromatic nitrogens is 3. The molecular weight excluding hydrogens is 1060 g/mol. The van der Waals surface area contributed by atoms with Crippen LogP contribution in [0.15, 0.2) is 79.1 Å². The zero-order chi connectivity index (χ0) is 57.6. The van der Waals surface area contributed by atoms with Gasteiger partial charge in [-0.25, -0.2) is 24.3 Å². The van der Waals surface area contributed by atoms with E-state index in [0.29, 0.717) is 78.3 Å². The van der Waals surface area contributed by atoms with Crippen LogP contribution in [0.5, 0.6) is 0 Å². The number of anilines is 1. The standard InChI is InChI=1S/C53H62F8N10O8/c1-50(2,52(56,57)58)43(64-48(75)77-5)45(73)63-40(23-32-10-7-31(8-11-32)9-12-33-15-20-42(62-24-33)68-26-36-18-19-37(27-68)71(36)38-29-79-30-38)41(72)28-69(67-46(74)44(65-49(76)78-6)51(3,4)53(59,60)61)25-34-13-16-35(17-14-34)39-21-22-70(66-39)47(54)55/h7-8,10-11,13-17,20-22,24,36-38,40-41,43-44,47,72H,18-19,23,25-30H2,1-6H3,(H,63,73)(H,64,75)(H,65,76)(H,67,74)/t36?,37?,40-,41-,43+,44+/m0/s1. The van der Waals surface area contributed by atoms with E-state index in [4.69, 9.17) is 9.72 Å². The third kappa shape index (κ3) is 14.2. The Morgan fingerprint density at radius 3 is 1.78 bits per heavy atom. The molecule has 2 bridgehead atoms. The number of carbonyl (C=O) groups is 4. The van der Waals surface area contributed by atoms with Crippen molar-refractivity contribution in [3.63, 3.8) is 0 Å². The Morgan fingerprint density at radius 2 is 1.29 bits per heavy atom. The number of alkyl carbamates (subject to hydrolysis) is 2. The normalized spacial score (nSPS) is 18.6. The Balaban J connectivity index is 1.15. The van der Waals surface area contributed by atoms with Crippen LogP contribution >= 0.6 is 0 Å². The van der Waals surface area contributed by atoms with Crippen LogP contribution < -0.4 is 26.3 Å². The Hall–Kier alpha value is -7.08. The van der Waals surface area contributed by atoms with Crippen LogP contribution in [0, 0.1) is 22.7 Å². The number of carbonyl (C=O) groups excluding carboxylic acids is 4. The van der Waals surface area contributed by atoms with Gasteiger partial charge in [0.2, 0.25) is 5.91 Å². The summed E-state index contributed by atoms with van der Waals surface area (Å²) in [6.07, 6.45) is -10.2. The Bertz CT molecular complexity index is 2810. The molecule has 18 nitrogen and oxygen atoms in total. The van der Waals surface area contributed by atoms with E-state index in [1.54, 1.807) is 30.5 Å². The fourth-order valence-corrected chi connectivity index (χ4v) is 9.59. The molecule has 0 aliphatic carbocycles. The van der Waals surface area contributed by atoms with E-state index in [-0.39, 0.29) is 12.1 Å². The molecule has 0 saturated carbocycles. The summed E-state index contributed by atoms with van der Waals surface area (Å²) in [6, 6.07) is 12.4.